The van der Waals surface area contributed by atoms with Crippen molar-refractivity contribution in [3.8, 4) is 0 Å². The van der Waals surface area contributed by atoms with Gasteiger partial charge in [0.25, 0.3) is 5.91 Å². The fourth-order valence-corrected chi connectivity index (χ4v) is 4.05. The third-order valence-corrected chi connectivity index (χ3v) is 5.63. The van der Waals surface area contributed by atoms with Crippen molar-refractivity contribution < 1.29 is 9.53 Å². The number of nitrogens with zero attached hydrogens (tertiary/aromatic N) is 4. The molecule has 2 aliphatic rings. The molecule has 0 aromatic carbocycles. The van der Waals surface area contributed by atoms with Gasteiger partial charge in [-0.05, 0) is 25.0 Å². The molecular weight excluding hydrogens is 356 g/mol. The molecule has 0 saturated carbocycles. The molecule has 0 aliphatic carbocycles. The number of rotatable bonds is 5. The molecule has 1 amide bonds. The second-order valence-electron chi connectivity index (χ2n) is 7.47. The van der Waals surface area contributed by atoms with Crippen molar-refractivity contribution in [3.05, 3.63) is 41.3 Å². The van der Waals surface area contributed by atoms with Crippen LogP contribution in [0.5, 0.6) is 0 Å². The van der Waals surface area contributed by atoms with Crippen LogP contribution in [0.3, 0.4) is 0 Å². The lowest BCUT2D eigenvalue weighted by atomic mass is 9.92. The van der Waals surface area contributed by atoms with Crippen molar-refractivity contribution in [1.29, 1.82) is 0 Å². The van der Waals surface area contributed by atoms with E-state index in [0.717, 1.165) is 58.1 Å². The van der Waals surface area contributed by atoms with Gasteiger partial charge >= 0.3 is 0 Å². The van der Waals surface area contributed by atoms with E-state index in [1.54, 1.807) is 6.20 Å². The van der Waals surface area contributed by atoms with Crippen LogP contribution in [-0.2, 0) is 11.3 Å². The Morgan fingerprint density at radius 3 is 2.89 bits per heavy atom. The molecule has 4 heterocycles. The summed E-state index contributed by atoms with van der Waals surface area (Å²) < 4.78 is 5.44. The topological polar surface area (TPSA) is 86.4 Å². The summed E-state index contributed by atoms with van der Waals surface area (Å²) in [5, 5.41) is 10.5. The summed E-state index contributed by atoms with van der Waals surface area (Å²) in [7, 11) is 1.82. The summed E-state index contributed by atoms with van der Waals surface area (Å²) >= 11 is 0. The number of ether oxygens (including phenoxy) is 1. The average molecular weight is 384 g/mol. The Morgan fingerprint density at radius 1 is 1.29 bits per heavy atom. The van der Waals surface area contributed by atoms with E-state index in [4.69, 9.17) is 4.74 Å². The van der Waals surface area contributed by atoms with Gasteiger partial charge in [-0.15, -0.1) is 0 Å². The molecule has 1 atom stereocenters. The van der Waals surface area contributed by atoms with Crippen molar-refractivity contribution in [3.63, 3.8) is 0 Å². The van der Waals surface area contributed by atoms with E-state index >= 15 is 0 Å². The molecule has 2 saturated heterocycles. The van der Waals surface area contributed by atoms with Gasteiger partial charge in [-0.25, -0.2) is 4.98 Å². The third kappa shape index (κ3) is 4.18. The molecule has 0 bridgehead atoms. The first-order valence-corrected chi connectivity index (χ1v) is 10.00. The van der Waals surface area contributed by atoms with E-state index in [2.05, 4.69) is 25.4 Å². The van der Waals surface area contributed by atoms with Crippen molar-refractivity contribution in [2.45, 2.75) is 25.3 Å². The first kappa shape index (κ1) is 18.9. The Kier molecular flexibility index (Phi) is 5.87. The lowest BCUT2D eigenvalue weighted by Crippen LogP contribution is -2.40. The Balaban J connectivity index is 1.43. The molecule has 0 spiro atoms. The van der Waals surface area contributed by atoms with Crippen LogP contribution in [0.25, 0.3) is 0 Å². The van der Waals surface area contributed by atoms with Crippen LogP contribution in [0.15, 0.2) is 24.5 Å². The quantitative estimate of drug-likeness (QED) is 0.816. The fourth-order valence-electron chi connectivity index (χ4n) is 4.05. The molecule has 2 fully saturated rings. The van der Waals surface area contributed by atoms with Gasteiger partial charge in [0.15, 0.2) is 0 Å². The minimum absolute atomic E-state index is 0.0501. The molecular formula is C20H28N6O2. The summed E-state index contributed by atoms with van der Waals surface area (Å²) in [6, 6.07) is 3.68. The van der Waals surface area contributed by atoms with Crippen molar-refractivity contribution >= 4 is 11.7 Å². The summed E-state index contributed by atoms with van der Waals surface area (Å²) in [5.41, 5.74) is 3.05. The highest BCUT2D eigenvalue weighted by atomic mass is 16.5. The maximum Gasteiger partial charge on any atom is 0.255 e. The Labute approximate surface area is 165 Å². The van der Waals surface area contributed by atoms with Crippen molar-refractivity contribution in [1.82, 2.24) is 25.0 Å². The number of likely N-dealkylation sites (tertiary alicyclic amines) is 1. The maximum atomic E-state index is 12.9. The SMILES string of the molecule is CNc1ccc(C(=O)N2CCCC(c3[nH]ncc3CN3CCOCC3)C2)cn1. The van der Waals surface area contributed by atoms with Gasteiger partial charge in [0.05, 0.1) is 25.0 Å². The van der Waals surface area contributed by atoms with Crippen LogP contribution in [0, 0.1) is 0 Å². The molecule has 2 aromatic heterocycles. The monoisotopic (exact) mass is 384 g/mol. The zero-order valence-electron chi connectivity index (χ0n) is 16.4. The van der Waals surface area contributed by atoms with Crippen LogP contribution in [0.2, 0.25) is 0 Å². The maximum absolute atomic E-state index is 12.9. The number of carbonyl (C=O) groups is 1. The van der Waals surface area contributed by atoms with E-state index in [-0.39, 0.29) is 5.91 Å². The smallest absolute Gasteiger partial charge is 0.255 e. The molecule has 8 nitrogen and oxygen atoms in total. The van der Waals surface area contributed by atoms with E-state index in [0.29, 0.717) is 18.0 Å². The third-order valence-electron chi connectivity index (χ3n) is 5.63. The van der Waals surface area contributed by atoms with Gasteiger partial charge in [-0.2, -0.15) is 5.10 Å². The minimum atomic E-state index is 0.0501. The number of anilines is 1. The van der Waals surface area contributed by atoms with E-state index < -0.39 is 0 Å². The van der Waals surface area contributed by atoms with Gasteiger partial charge in [-0.3, -0.25) is 14.8 Å². The van der Waals surface area contributed by atoms with E-state index in [1.165, 1.54) is 11.3 Å². The first-order valence-electron chi connectivity index (χ1n) is 10.00. The number of H-pyrrole nitrogens is 1. The zero-order chi connectivity index (χ0) is 19.3. The van der Waals surface area contributed by atoms with Gasteiger partial charge in [-0.1, -0.05) is 0 Å². The van der Waals surface area contributed by atoms with E-state index in [1.807, 2.05) is 30.3 Å². The summed E-state index contributed by atoms with van der Waals surface area (Å²) in [5.74, 6) is 1.10. The molecule has 0 radical (unpaired) electrons. The number of hydrogen-bond acceptors (Lipinski definition) is 6. The second-order valence-corrected chi connectivity index (χ2v) is 7.47. The number of morpholine rings is 1. The number of aromatic amines is 1. The van der Waals surface area contributed by atoms with E-state index in [9.17, 15) is 4.79 Å². The van der Waals surface area contributed by atoms with Crippen LogP contribution < -0.4 is 5.32 Å². The molecule has 8 heteroatoms. The Hall–Kier alpha value is -2.45. The molecule has 28 heavy (non-hydrogen) atoms. The van der Waals surface area contributed by atoms with Crippen LogP contribution in [0.4, 0.5) is 5.82 Å². The van der Waals surface area contributed by atoms with Crippen molar-refractivity contribution in [2.75, 3.05) is 51.8 Å². The molecule has 2 aliphatic heterocycles. The van der Waals surface area contributed by atoms with Crippen LogP contribution >= 0.6 is 0 Å². The van der Waals surface area contributed by atoms with Crippen LogP contribution in [0.1, 0.15) is 40.4 Å². The number of piperidine rings is 1. The lowest BCUT2D eigenvalue weighted by Gasteiger charge is -2.33. The summed E-state index contributed by atoms with van der Waals surface area (Å²) in [6.07, 6.45) is 5.65. The molecule has 2 N–H and O–H groups in total. The zero-order valence-corrected chi connectivity index (χ0v) is 16.4. The number of pyridine rings is 1. The fraction of sp³-hybridized carbons (Fsp3) is 0.550. The highest BCUT2D eigenvalue weighted by Gasteiger charge is 2.28. The number of aromatic nitrogens is 3. The molecule has 150 valence electrons. The molecule has 2 aromatic rings. The summed E-state index contributed by atoms with van der Waals surface area (Å²) in [4.78, 5) is 21.6. The number of nitrogens with one attached hydrogen (secondary N) is 2. The highest BCUT2D eigenvalue weighted by molar-refractivity contribution is 5.94. The van der Waals surface area contributed by atoms with Crippen LogP contribution in [-0.4, -0.2) is 77.3 Å². The molecule has 1 unspecified atom stereocenters. The largest absolute Gasteiger partial charge is 0.379 e. The number of hydrogen-bond donors (Lipinski definition) is 2. The normalized spacial score (nSPS) is 20.9. The summed E-state index contributed by atoms with van der Waals surface area (Å²) in [6.45, 7) is 5.87. The van der Waals surface area contributed by atoms with Gasteiger partial charge in [0.2, 0.25) is 0 Å². The minimum Gasteiger partial charge on any atom is -0.379 e. The predicted molar refractivity (Wildman–Crippen MR) is 106 cm³/mol. The Morgan fingerprint density at radius 2 is 2.14 bits per heavy atom. The lowest BCUT2D eigenvalue weighted by molar-refractivity contribution is 0.0339. The van der Waals surface area contributed by atoms with Gasteiger partial charge in [0.1, 0.15) is 5.82 Å². The van der Waals surface area contributed by atoms with Gasteiger partial charge < -0.3 is 15.0 Å². The molecule has 4 rings (SSSR count). The Bertz CT molecular complexity index is 784. The predicted octanol–water partition coefficient (Wildman–Crippen LogP) is 1.70. The number of amides is 1. The standard InChI is InChI=1S/C20H28N6O2/c1-21-18-5-4-15(11-22-18)20(27)26-6-2-3-16(14-26)19-17(12-23-24-19)13-25-7-9-28-10-8-25/h4-5,11-12,16H,2-3,6-10,13-14H2,1H3,(H,21,22)(H,23,24). The first-order chi connectivity index (χ1) is 13.7. The number of carbonyl (C=O) groups excluding carboxylic acids is 1. The highest BCUT2D eigenvalue weighted by Crippen LogP contribution is 2.29. The van der Waals surface area contributed by atoms with Crippen molar-refractivity contribution in [2.24, 2.45) is 0 Å². The average Bonchev–Trinajstić information content (AvgIpc) is 3.22. The second kappa shape index (κ2) is 8.70. The van der Waals surface area contributed by atoms with Gasteiger partial charge in [0, 0.05) is 63.1 Å².